The zero-order valence-electron chi connectivity index (χ0n) is 9.75. The zero-order valence-corrected chi connectivity index (χ0v) is 9.75. The molecule has 18 heavy (non-hydrogen) atoms. The van der Waals surface area contributed by atoms with Gasteiger partial charge in [-0.1, -0.05) is 12.1 Å². The highest BCUT2D eigenvalue weighted by Gasteiger charge is 2.11. The first kappa shape index (κ1) is 12.0. The van der Waals surface area contributed by atoms with Gasteiger partial charge in [0, 0.05) is 11.1 Å². The Morgan fingerprint density at radius 1 is 1.00 bits per heavy atom. The summed E-state index contributed by atoms with van der Waals surface area (Å²) in [5, 5.41) is 18.6. The van der Waals surface area contributed by atoms with Crippen LogP contribution in [-0.4, -0.2) is 23.1 Å². The van der Waals surface area contributed by atoms with E-state index in [0.29, 0.717) is 16.9 Å². The van der Waals surface area contributed by atoms with Crippen LogP contribution in [0.5, 0.6) is 17.2 Å². The number of aromatic hydroxyl groups is 2. The van der Waals surface area contributed by atoms with Crippen LogP contribution in [0.3, 0.4) is 0 Å². The molecule has 0 radical (unpaired) electrons. The minimum Gasteiger partial charge on any atom is -0.504 e. The fraction of sp³-hybridized carbons (Fsp3) is 0.0714. The summed E-state index contributed by atoms with van der Waals surface area (Å²) in [6.45, 7) is 0. The van der Waals surface area contributed by atoms with Gasteiger partial charge in [0.05, 0.1) is 7.11 Å². The van der Waals surface area contributed by atoms with E-state index in [9.17, 15) is 15.0 Å². The van der Waals surface area contributed by atoms with E-state index in [4.69, 9.17) is 4.74 Å². The topological polar surface area (TPSA) is 66.8 Å². The second-order valence-corrected chi connectivity index (χ2v) is 3.76. The van der Waals surface area contributed by atoms with Crippen molar-refractivity contribution >= 4 is 5.78 Å². The van der Waals surface area contributed by atoms with Crippen LogP contribution in [0.25, 0.3) is 0 Å². The molecule has 2 N–H and O–H groups in total. The van der Waals surface area contributed by atoms with Crippen molar-refractivity contribution in [2.75, 3.05) is 7.11 Å². The number of hydrogen-bond donors (Lipinski definition) is 2. The molecule has 0 aromatic heterocycles. The van der Waals surface area contributed by atoms with E-state index in [2.05, 4.69) is 0 Å². The van der Waals surface area contributed by atoms with Gasteiger partial charge in [-0.25, -0.2) is 0 Å². The molecular formula is C14H12O4. The zero-order chi connectivity index (χ0) is 13.1. The number of rotatable bonds is 3. The molecule has 0 atom stereocenters. The lowest BCUT2D eigenvalue weighted by Crippen LogP contribution is -2.01. The fourth-order valence-corrected chi connectivity index (χ4v) is 1.60. The summed E-state index contributed by atoms with van der Waals surface area (Å²) in [4.78, 5) is 12.1. The van der Waals surface area contributed by atoms with Crippen LogP contribution in [0.4, 0.5) is 0 Å². The Labute approximate surface area is 104 Å². The number of ketones is 1. The maximum Gasteiger partial charge on any atom is 0.193 e. The van der Waals surface area contributed by atoms with Gasteiger partial charge in [0.1, 0.15) is 5.75 Å². The highest BCUT2D eigenvalue weighted by atomic mass is 16.5. The van der Waals surface area contributed by atoms with Crippen LogP contribution in [0.15, 0.2) is 42.5 Å². The Morgan fingerprint density at radius 2 is 1.72 bits per heavy atom. The highest BCUT2D eigenvalue weighted by Crippen LogP contribution is 2.26. The third-order valence-corrected chi connectivity index (χ3v) is 2.57. The standard InChI is InChI=1S/C14H12O4/c1-18-11-4-2-3-9(7-11)14(17)10-5-6-12(15)13(16)8-10/h2-8,15-16H,1H3. The minimum absolute atomic E-state index is 0.246. The van der Waals surface area contributed by atoms with Crippen molar-refractivity contribution in [2.45, 2.75) is 0 Å². The second-order valence-electron chi connectivity index (χ2n) is 3.76. The molecule has 2 rings (SSSR count). The van der Waals surface area contributed by atoms with E-state index in [1.54, 1.807) is 24.3 Å². The number of hydrogen-bond acceptors (Lipinski definition) is 4. The van der Waals surface area contributed by atoms with Crippen LogP contribution < -0.4 is 4.74 Å². The Bertz CT molecular complexity index is 590. The van der Waals surface area contributed by atoms with E-state index >= 15 is 0 Å². The van der Waals surface area contributed by atoms with Gasteiger partial charge in [-0.2, -0.15) is 0 Å². The van der Waals surface area contributed by atoms with Gasteiger partial charge in [0.15, 0.2) is 17.3 Å². The molecule has 92 valence electrons. The molecule has 0 aliphatic heterocycles. The number of methoxy groups -OCH3 is 1. The Hall–Kier alpha value is -2.49. The summed E-state index contributed by atoms with van der Waals surface area (Å²) < 4.78 is 5.04. The first-order valence-corrected chi connectivity index (χ1v) is 5.32. The summed E-state index contributed by atoms with van der Waals surface area (Å²) >= 11 is 0. The Kier molecular flexibility index (Phi) is 3.19. The molecule has 0 aliphatic rings. The SMILES string of the molecule is COc1cccc(C(=O)c2ccc(O)c(O)c2)c1. The molecule has 4 heteroatoms. The second kappa shape index (κ2) is 4.79. The normalized spacial score (nSPS) is 10.1. The van der Waals surface area contributed by atoms with Gasteiger partial charge >= 0.3 is 0 Å². The van der Waals surface area contributed by atoms with Gasteiger partial charge in [-0.15, -0.1) is 0 Å². The average molecular weight is 244 g/mol. The molecule has 0 heterocycles. The molecule has 2 aromatic rings. The number of phenolic OH excluding ortho intramolecular Hbond substituents is 2. The Balaban J connectivity index is 2.38. The molecule has 2 aromatic carbocycles. The van der Waals surface area contributed by atoms with Crippen molar-refractivity contribution in [3.8, 4) is 17.2 Å². The minimum atomic E-state index is -0.316. The summed E-state index contributed by atoms with van der Waals surface area (Å²) in [7, 11) is 1.52. The molecule has 0 saturated carbocycles. The lowest BCUT2D eigenvalue weighted by molar-refractivity contribution is 0.103. The molecule has 4 nitrogen and oxygen atoms in total. The number of benzene rings is 2. The van der Waals surface area contributed by atoms with Crippen molar-refractivity contribution in [3.05, 3.63) is 53.6 Å². The van der Waals surface area contributed by atoms with E-state index in [-0.39, 0.29) is 17.3 Å². The Morgan fingerprint density at radius 3 is 2.39 bits per heavy atom. The monoisotopic (exact) mass is 244 g/mol. The number of carbonyl (C=O) groups is 1. The molecule has 0 amide bonds. The maximum absolute atomic E-state index is 12.1. The first-order valence-electron chi connectivity index (χ1n) is 5.32. The van der Waals surface area contributed by atoms with Gasteiger partial charge in [-0.3, -0.25) is 4.79 Å². The van der Waals surface area contributed by atoms with Crippen molar-refractivity contribution in [3.63, 3.8) is 0 Å². The van der Waals surface area contributed by atoms with Crippen LogP contribution in [-0.2, 0) is 0 Å². The summed E-state index contributed by atoms with van der Waals surface area (Å²) in [6, 6.07) is 10.7. The molecule has 0 fully saturated rings. The summed E-state index contributed by atoms with van der Waals surface area (Å²) in [5.74, 6) is -0.228. The van der Waals surface area contributed by atoms with Crippen LogP contribution in [0.1, 0.15) is 15.9 Å². The lowest BCUT2D eigenvalue weighted by atomic mass is 10.0. The third-order valence-electron chi connectivity index (χ3n) is 2.57. The third kappa shape index (κ3) is 2.27. The molecule has 0 bridgehead atoms. The summed E-state index contributed by atoms with van der Waals surface area (Å²) in [6.07, 6.45) is 0. The average Bonchev–Trinajstić information content (AvgIpc) is 2.41. The van der Waals surface area contributed by atoms with Crippen LogP contribution >= 0.6 is 0 Å². The molecule has 0 saturated heterocycles. The van der Waals surface area contributed by atoms with E-state index in [0.717, 1.165) is 0 Å². The molecule has 0 spiro atoms. The van der Waals surface area contributed by atoms with Gasteiger partial charge in [0.25, 0.3) is 0 Å². The van der Waals surface area contributed by atoms with E-state index < -0.39 is 0 Å². The number of carbonyl (C=O) groups excluding carboxylic acids is 1. The van der Waals surface area contributed by atoms with E-state index in [1.807, 2.05) is 0 Å². The molecule has 0 unspecified atom stereocenters. The quantitative estimate of drug-likeness (QED) is 0.642. The number of ether oxygens (including phenoxy) is 1. The van der Waals surface area contributed by atoms with Crippen molar-refractivity contribution < 1.29 is 19.7 Å². The molecule has 0 aliphatic carbocycles. The molecular weight excluding hydrogens is 232 g/mol. The highest BCUT2D eigenvalue weighted by molar-refractivity contribution is 6.09. The van der Waals surface area contributed by atoms with Crippen LogP contribution in [0, 0.1) is 0 Å². The van der Waals surface area contributed by atoms with Crippen molar-refractivity contribution in [1.29, 1.82) is 0 Å². The van der Waals surface area contributed by atoms with E-state index in [1.165, 1.54) is 25.3 Å². The predicted octanol–water partition coefficient (Wildman–Crippen LogP) is 2.34. The van der Waals surface area contributed by atoms with Crippen molar-refractivity contribution in [2.24, 2.45) is 0 Å². The predicted molar refractivity (Wildman–Crippen MR) is 66.2 cm³/mol. The number of phenols is 2. The summed E-state index contributed by atoms with van der Waals surface area (Å²) in [5.41, 5.74) is 0.762. The lowest BCUT2D eigenvalue weighted by Gasteiger charge is -2.05. The van der Waals surface area contributed by atoms with Gasteiger partial charge in [-0.05, 0) is 30.3 Å². The van der Waals surface area contributed by atoms with Crippen LogP contribution in [0.2, 0.25) is 0 Å². The van der Waals surface area contributed by atoms with Crippen molar-refractivity contribution in [1.82, 2.24) is 0 Å². The fourth-order valence-electron chi connectivity index (χ4n) is 1.60. The maximum atomic E-state index is 12.1. The first-order chi connectivity index (χ1) is 8.61. The van der Waals surface area contributed by atoms with Gasteiger partial charge < -0.3 is 14.9 Å². The van der Waals surface area contributed by atoms with Gasteiger partial charge in [0.2, 0.25) is 0 Å². The largest absolute Gasteiger partial charge is 0.504 e. The smallest absolute Gasteiger partial charge is 0.193 e.